The summed E-state index contributed by atoms with van der Waals surface area (Å²) < 4.78 is 10.3. The first-order valence-electron chi connectivity index (χ1n) is 8.19. The van der Waals surface area contributed by atoms with Crippen molar-refractivity contribution in [2.24, 2.45) is 0 Å². The molecule has 2 aromatic carbocycles. The van der Waals surface area contributed by atoms with E-state index >= 15 is 0 Å². The minimum Gasteiger partial charge on any atom is -0.497 e. The first-order chi connectivity index (χ1) is 12.5. The number of ether oxygens (including phenoxy) is 2. The van der Waals surface area contributed by atoms with Gasteiger partial charge in [0.05, 0.1) is 14.2 Å². The molecule has 0 heterocycles. The molecule has 26 heavy (non-hydrogen) atoms. The Bertz CT molecular complexity index is 764. The number of anilines is 2. The monoisotopic (exact) mass is 357 g/mol. The maximum Gasteiger partial charge on any atom is 0.322 e. The van der Waals surface area contributed by atoms with E-state index in [1.807, 2.05) is 6.92 Å². The minimum atomic E-state index is -0.360. The number of nitrogens with one attached hydrogen (secondary N) is 2. The number of likely N-dealkylation sites (N-methyl/N-ethyl adjacent to an activating group) is 1. The molecule has 0 bridgehead atoms. The van der Waals surface area contributed by atoms with Crippen molar-refractivity contribution in [3.63, 3.8) is 0 Å². The molecule has 0 saturated carbocycles. The SMILES string of the molecule is CCN(CC(=O)Nc1cccc(OC)c1)C(=O)Nc1cccc(OC)c1. The van der Waals surface area contributed by atoms with Crippen LogP contribution in [0, 0.1) is 0 Å². The molecule has 138 valence electrons. The number of hydrogen-bond acceptors (Lipinski definition) is 4. The smallest absolute Gasteiger partial charge is 0.322 e. The van der Waals surface area contributed by atoms with Crippen molar-refractivity contribution < 1.29 is 19.1 Å². The van der Waals surface area contributed by atoms with Gasteiger partial charge in [-0.1, -0.05) is 12.1 Å². The summed E-state index contributed by atoms with van der Waals surface area (Å²) in [7, 11) is 3.12. The third kappa shape index (κ3) is 5.41. The van der Waals surface area contributed by atoms with Gasteiger partial charge < -0.3 is 25.0 Å². The van der Waals surface area contributed by atoms with Gasteiger partial charge in [0, 0.05) is 30.1 Å². The largest absolute Gasteiger partial charge is 0.497 e. The molecule has 0 aromatic heterocycles. The highest BCUT2D eigenvalue weighted by Crippen LogP contribution is 2.18. The number of nitrogens with zero attached hydrogens (tertiary/aromatic N) is 1. The van der Waals surface area contributed by atoms with Gasteiger partial charge in [0.15, 0.2) is 0 Å². The second-order valence-electron chi connectivity index (χ2n) is 5.46. The third-order valence-electron chi connectivity index (χ3n) is 3.68. The summed E-state index contributed by atoms with van der Waals surface area (Å²) in [5.41, 5.74) is 1.21. The highest BCUT2D eigenvalue weighted by atomic mass is 16.5. The maximum atomic E-state index is 12.4. The van der Waals surface area contributed by atoms with Gasteiger partial charge in [-0.2, -0.15) is 0 Å². The fourth-order valence-corrected chi connectivity index (χ4v) is 2.31. The lowest BCUT2D eigenvalue weighted by Gasteiger charge is -2.21. The van der Waals surface area contributed by atoms with Gasteiger partial charge in [0.25, 0.3) is 0 Å². The van der Waals surface area contributed by atoms with Crippen molar-refractivity contribution in [3.8, 4) is 11.5 Å². The van der Waals surface area contributed by atoms with Gasteiger partial charge in [0.2, 0.25) is 5.91 Å². The zero-order valence-electron chi connectivity index (χ0n) is 15.1. The average Bonchev–Trinajstić information content (AvgIpc) is 2.66. The number of carbonyl (C=O) groups excluding carboxylic acids is 2. The lowest BCUT2D eigenvalue weighted by atomic mass is 10.3. The van der Waals surface area contributed by atoms with Crippen LogP contribution >= 0.6 is 0 Å². The molecule has 0 aliphatic heterocycles. The van der Waals surface area contributed by atoms with Crippen molar-refractivity contribution in [1.29, 1.82) is 0 Å². The summed E-state index contributed by atoms with van der Waals surface area (Å²) in [5, 5.41) is 5.52. The second kappa shape index (κ2) is 9.31. The molecule has 0 aliphatic rings. The number of amides is 3. The molecule has 0 atom stereocenters. The number of rotatable bonds is 7. The summed E-state index contributed by atoms with van der Waals surface area (Å²) in [4.78, 5) is 26.1. The van der Waals surface area contributed by atoms with E-state index in [4.69, 9.17) is 9.47 Å². The lowest BCUT2D eigenvalue weighted by molar-refractivity contribution is -0.116. The molecule has 7 heteroatoms. The Hall–Kier alpha value is -3.22. The molecule has 0 fully saturated rings. The molecule has 0 unspecified atom stereocenters. The molecule has 3 amide bonds. The van der Waals surface area contributed by atoms with Gasteiger partial charge in [-0.15, -0.1) is 0 Å². The van der Waals surface area contributed by atoms with E-state index in [1.165, 1.54) is 4.90 Å². The predicted molar refractivity (Wildman–Crippen MR) is 101 cm³/mol. The van der Waals surface area contributed by atoms with Crippen LogP contribution in [-0.2, 0) is 4.79 Å². The Morgan fingerprint density at radius 2 is 1.46 bits per heavy atom. The van der Waals surface area contributed by atoms with Crippen LogP contribution in [0.1, 0.15) is 6.92 Å². The molecular weight excluding hydrogens is 334 g/mol. The maximum absolute atomic E-state index is 12.4. The molecule has 0 radical (unpaired) electrons. The number of methoxy groups -OCH3 is 2. The number of hydrogen-bond donors (Lipinski definition) is 2. The van der Waals surface area contributed by atoms with Gasteiger partial charge in [-0.25, -0.2) is 4.79 Å². The van der Waals surface area contributed by atoms with Gasteiger partial charge in [-0.3, -0.25) is 4.79 Å². The summed E-state index contributed by atoms with van der Waals surface area (Å²) in [5.74, 6) is 0.994. The summed E-state index contributed by atoms with van der Waals surface area (Å²) in [6, 6.07) is 13.7. The Kier molecular flexibility index (Phi) is 6.84. The number of urea groups is 1. The molecule has 0 saturated heterocycles. The summed E-state index contributed by atoms with van der Waals surface area (Å²) in [6.45, 7) is 2.13. The van der Waals surface area contributed by atoms with Crippen LogP contribution < -0.4 is 20.1 Å². The van der Waals surface area contributed by atoms with E-state index in [1.54, 1.807) is 62.8 Å². The van der Waals surface area contributed by atoms with Crippen LogP contribution in [0.15, 0.2) is 48.5 Å². The van der Waals surface area contributed by atoms with E-state index in [9.17, 15) is 9.59 Å². The van der Waals surface area contributed by atoms with Gasteiger partial charge in [-0.05, 0) is 31.2 Å². The molecule has 7 nitrogen and oxygen atoms in total. The Morgan fingerprint density at radius 1 is 0.923 bits per heavy atom. The van der Waals surface area contributed by atoms with Crippen LogP contribution in [0.4, 0.5) is 16.2 Å². The van der Waals surface area contributed by atoms with Crippen molar-refractivity contribution in [2.75, 3.05) is 37.9 Å². The zero-order chi connectivity index (χ0) is 18.9. The van der Waals surface area contributed by atoms with Gasteiger partial charge >= 0.3 is 6.03 Å². The molecule has 2 aromatic rings. The number of carbonyl (C=O) groups is 2. The first kappa shape index (κ1) is 19.1. The topological polar surface area (TPSA) is 79.9 Å². The van der Waals surface area contributed by atoms with Crippen molar-refractivity contribution >= 4 is 23.3 Å². The van der Waals surface area contributed by atoms with E-state index in [-0.39, 0.29) is 18.5 Å². The average molecular weight is 357 g/mol. The minimum absolute atomic E-state index is 0.0660. The molecule has 2 N–H and O–H groups in total. The van der Waals surface area contributed by atoms with Crippen LogP contribution in [0.2, 0.25) is 0 Å². The quantitative estimate of drug-likeness (QED) is 0.797. The van der Waals surface area contributed by atoms with Crippen LogP contribution in [-0.4, -0.2) is 44.1 Å². The van der Waals surface area contributed by atoms with Gasteiger partial charge in [0.1, 0.15) is 18.0 Å². The molecule has 0 aliphatic carbocycles. The van der Waals surface area contributed by atoms with E-state index in [0.717, 1.165) is 0 Å². The second-order valence-corrected chi connectivity index (χ2v) is 5.46. The summed E-state index contributed by atoms with van der Waals surface area (Å²) in [6.07, 6.45) is 0. The van der Waals surface area contributed by atoms with Crippen LogP contribution in [0.5, 0.6) is 11.5 Å². The molecule has 2 rings (SSSR count). The van der Waals surface area contributed by atoms with E-state index in [0.29, 0.717) is 29.4 Å². The predicted octanol–water partition coefficient (Wildman–Crippen LogP) is 3.20. The van der Waals surface area contributed by atoms with Crippen molar-refractivity contribution in [2.45, 2.75) is 6.92 Å². The molecule has 0 spiro atoms. The van der Waals surface area contributed by atoms with Crippen LogP contribution in [0.3, 0.4) is 0 Å². The molecular formula is C19H23N3O4. The third-order valence-corrected chi connectivity index (χ3v) is 3.68. The van der Waals surface area contributed by atoms with E-state index < -0.39 is 0 Å². The lowest BCUT2D eigenvalue weighted by Crippen LogP contribution is -2.40. The standard InChI is InChI=1S/C19H23N3O4/c1-4-22(19(24)21-15-8-6-10-17(12-15)26-3)13-18(23)20-14-7-5-9-16(11-14)25-2/h5-12H,4,13H2,1-3H3,(H,20,23)(H,21,24). The summed E-state index contributed by atoms with van der Waals surface area (Å²) >= 11 is 0. The highest BCUT2D eigenvalue weighted by Gasteiger charge is 2.16. The van der Waals surface area contributed by atoms with Crippen LogP contribution in [0.25, 0.3) is 0 Å². The highest BCUT2D eigenvalue weighted by molar-refractivity contribution is 5.97. The first-order valence-corrected chi connectivity index (χ1v) is 8.19. The Balaban J connectivity index is 1.96. The zero-order valence-corrected chi connectivity index (χ0v) is 15.1. The number of benzene rings is 2. The van der Waals surface area contributed by atoms with Crippen molar-refractivity contribution in [3.05, 3.63) is 48.5 Å². The van der Waals surface area contributed by atoms with E-state index in [2.05, 4.69) is 10.6 Å². The normalized spacial score (nSPS) is 9.96. The fraction of sp³-hybridized carbons (Fsp3) is 0.263. The Morgan fingerprint density at radius 3 is 1.96 bits per heavy atom. The Labute approximate surface area is 152 Å². The fourth-order valence-electron chi connectivity index (χ4n) is 2.31. The van der Waals surface area contributed by atoms with Crippen molar-refractivity contribution in [1.82, 2.24) is 4.90 Å².